The van der Waals surface area contributed by atoms with Crippen LogP contribution in [-0.2, 0) is 4.79 Å². The van der Waals surface area contributed by atoms with E-state index in [2.05, 4.69) is 21.7 Å². The number of hydrogen-bond acceptors (Lipinski definition) is 3. The molecule has 1 atom stereocenters. The highest BCUT2D eigenvalue weighted by molar-refractivity contribution is 6.31. The molecule has 2 amide bonds. The smallest absolute Gasteiger partial charge is 0.270 e. The highest BCUT2D eigenvalue weighted by atomic mass is 35.5. The summed E-state index contributed by atoms with van der Waals surface area (Å²) in [5, 5.41) is 1.62. The van der Waals surface area contributed by atoms with Crippen molar-refractivity contribution in [3.63, 3.8) is 0 Å². The summed E-state index contributed by atoms with van der Waals surface area (Å²) in [6, 6.07) is 8.23. The number of halogens is 1. The van der Waals surface area contributed by atoms with Gasteiger partial charge in [-0.15, -0.1) is 0 Å². The van der Waals surface area contributed by atoms with Crippen LogP contribution in [-0.4, -0.2) is 76.8 Å². The molecule has 3 aliphatic rings. The number of carbonyl (C=O) groups is 2. The SMILES string of the molecule is C[C@@H](C(=O)N1CCN(C2CCCCC2)CC1)C1CCN(C(=O)c2cc3cc(Cl)ccc3[nH]2)CC1. The molecule has 2 aromatic rings. The van der Waals surface area contributed by atoms with E-state index in [1.165, 1.54) is 32.1 Å². The molecule has 0 bridgehead atoms. The van der Waals surface area contributed by atoms with Crippen molar-refractivity contribution in [1.82, 2.24) is 19.7 Å². The Kier molecular flexibility index (Phi) is 7.16. The molecule has 34 heavy (non-hydrogen) atoms. The molecule has 1 saturated carbocycles. The molecule has 5 rings (SSSR count). The zero-order valence-electron chi connectivity index (χ0n) is 20.3. The number of hydrogen-bond donors (Lipinski definition) is 1. The highest BCUT2D eigenvalue weighted by Crippen LogP contribution is 2.29. The number of nitrogens with one attached hydrogen (secondary N) is 1. The van der Waals surface area contributed by atoms with Gasteiger partial charge in [0.1, 0.15) is 5.69 Å². The van der Waals surface area contributed by atoms with Crippen molar-refractivity contribution in [1.29, 1.82) is 0 Å². The second-order valence-corrected chi connectivity index (χ2v) is 10.9. The van der Waals surface area contributed by atoms with Gasteiger partial charge >= 0.3 is 0 Å². The van der Waals surface area contributed by atoms with Crippen molar-refractivity contribution in [3.05, 3.63) is 35.0 Å². The minimum absolute atomic E-state index is 0.0219. The van der Waals surface area contributed by atoms with Gasteiger partial charge < -0.3 is 14.8 Å². The number of piperazine rings is 1. The molecule has 2 aliphatic heterocycles. The molecule has 3 heterocycles. The van der Waals surface area contributed by atoms with Gasteiger partial charge in [-0.1, -0.05) is 37.8 Å². The van der Waals surface area contributed by atoms with Crippen LogP contribution < -0.4 is 0 Å². The zero-order valence-corrected chi connectivity index (χ0v) is 21.0. The average Bonchev–Trinajstić information content (AvgIpc) is 3.31. The van der Waals surface area contributed by atoms with E-state index in [-0.39, 0.29) is 11.8 Å². The second kappa shape index (κ2) is 10.3. The van der Waals surface area contributed by atoms with E-state index in [4.69, 9.17) is 11.6 Å². The lowest BCUT2D eigenvalue weighted by atomic mass is 9.84. The Morgan fingerprint density at radius 2 is 1.62 bits per heavy atom. The third-order valence-corrected chi connectivity index (χ3v) is 8.69. The third kappa shape index (κ3) is 4.99. The fraction of sp³-hybridized carbons (Fsp3) is 0.630. The number of likely N-dealkylation sites (tertiary alicyclic amines) is 1. The number of nitrogens with zero attached hydrogens (tertiary/aromatic N) is 3. The molecule has 1 aromatic heterocycles. The summed E-state index contributed by atoms with van der Waals surface area (Å²) in [7, 11) is 0. The lowest BCUT2D eigenvalue weighted by Gasteiger charge is -2.42. The summed E-state index contributed by atoms with van der Waals surface area (Å²) >= 11 is 6.08. The Labute approximate surface area is 207 Å². The van der Waals surface area contributed by atoms with Crippen LogP contribution in [0, 0.1) is 11.8 Å². The van der Waals surface area contributed by atoms with E-state index in [9.17, 15) is 9.59 Å². The molecular weight excluding hydrogens is 448 g/mol. The first kappa shape index (κ1) is 23.7. The summed E-state index contributed by atoms with van der Waals surface area (Å²) in [6.07, 6.45) is 8.52. The Balaban J connectivity index is 1.11. The second-order valence-electron chi connectivity index (χ2n) is 10.5. The van der Waals surface area contributed by atoms with Crippen molar-refractivity contribution in [2.45, 2.75) is 57.9 Å². The Morgan fingerprint density at radius 1 is 0.912 bits per heavy atom. The van der Waals surface area contributed by atoms with Crippen LogP contribution in [0.5, 0.6) is 0 Å². The van der Waals surface area contributed by atoms with Crippen LogP contribution in [0.3, 0.4) is 0 Å². The number of piperidine rings is 1. The number of aromatic amines is 1. The van der Waals surface area contributed by atoms with Crippen molar-refractivity contribution in [2.75, 3.05) is 39.3 Å². The largest absolute Gasteiger partial charge is 0.351 e. The molecule has 7 heteroatoms. The summed E-state index contributed by atoms with van der Waals surface area (Å²) in [6.45, 7) is 7.26. The van der Waals surface area contributed by atoms with E-state index in [0.717, 1.165) is 56.0 Å². The Hall–Kier alpha value is -2.05. The van der Waals surface area contributed by atoms with E-state index in [1.807, 2.05) is 29.2 Å². The summed E-state index contributed by atoms with van der Waals surface area (Å²) in [4.78, 5) is 36.2. The highest BCUT2D eigenvalue weighted by Gasteiger charge is 2.34. The van der Waals surface area contributed by atoms with Crippen molar-refractivity contribution < 1.29 is 9.59 Å². The molecule has 0 unspecified atom stereocenters. The number of rotatable bonds is 4. The van der Waals surface area contributed by atoms with Crippen LogP contribution in [0.15, 0.2) is 24.3 Å². The lowest BCUT2D eigenvalue weighted by Crippen LogP contribution is -2.54. The van der Waals surface area contributed by atoms with Crippen LogP contribution >= 0.6 is 11.6 Å². The van der Waals surface area contributed by atoms with Crippen molar-refractivity contribution in [2.24, 2.45) is 11.8 Å². The molecular formula is C27H37ClN4O2. The Bertz CT molecular complexity index is 1010. The predicted molar refractivity (Wildman–Crippen MR) is 136 cm³/mol. The average molecular weight is 485 g/mol. The lowest BCUT2D eigenvalue weighted by molar-refractivity contribution is -0.139. The molecule has 1 aliphatic carbocycles. The summed E-state index contributed by atoms with van der Waals surface area (Å²) in [5.74, 6) is 0.701. The molecule has 0 spiro atoms. The number of H-pyrrole nitrogens is 1. The number of carbonyl (C=O) groups excluding carboxylic acids is 2. The van der Waals surface area contributed by atoms with E-state index in [1.54, 1.807) is 0 Å². The number of benzene rings is 1. The van der Waals surface area contributed by atoms with Gasteiger partial charge in [0.25, 0.3) is 5.91 Å². The van der Waals surface area contributed by atoms with Gasteiger partial charge in [-0.25, -0.2) is 0 Å². The molecule has 3 fully saturated rings. The minimum atomic E-state index is 0.0219. The summed E-state index contributed by atoms with van der Waals surface area (Å²) < 4.78 is 0. The summed E-state index contributed by atoms with van der Waals surface area (Å²) in [5.41, 5.74) is 1.53. The first-order valence-electron chi connectivity index (χ1n) is 13.1. The van der Waals surface area contributed by atoms with Crippen LogP contribution in [0.2, 0.25) is 5.02 Å². The standard InChI is InChI=1S/C27H37ClN4O2/c1-19(26(33)32-15-13-30(14-16-32)23-5-3-2-4-6-23)20-9-11-31(12-10-20)27(34)25-18-21-17-22(28)7-8-24(21)29-25/h7-8,17-20,23,29H,2-6,9-16H2,1H3/t19-/m1/s1. The van der Waals surface area contributed by atoms with Gasteiger partial charge in [-0.05, 0) is 55.9 Å². The van der Waals surface area contributed by atoms with E-state index >= 15 is 0 Å². The third-order valence-electron chi connectivity index (χ3n) is 8.45. The fourth-order valence-corrected chi connectivity index (χ4v) is 6.42. The fourth-order valence-electron chi connectivity index (χ4n) is 6.23. The Morgan fingerprint density at radius 3 is 2.32 bits per heavy atom. The molecule has 184 valence electrons. The molecule has 6 nitrogen and oxygen atoms in total. The van der Waals surface area contributed by atoms with E-state index in [0.29, 0.717) is 35.6 Å². The quantitative estimate of drug-likeness (QED) is 0.679. The van der Waals surface area contributed by atoms with Crippen LogP contribution in [0.1, 0.15) is 62.4 Å². The predicted octanol–water partition coefficient (Wildman–Crippen LogP) is 4.79. The molecule has 2 saturated heterocycles. The van der Waals surface area contributed by atoms with Gasteiger partial charge in [-0.2, -0.15) is 0 Å². The molecule has 1 aromatic carbocycles. The maximum atomic E-state index is 13.3. The monoisotopic (exact) mass is 484 g/mol. The zero-order chi connectivity index (χ0) is 23.7. The van der Waals surface area contributed by atoms with Gasteiger partial charge in [0, 0.05) is 67.2 Å². The number of fused-ring (bicyclic) bond motifs is 1. The van der Waals surface area contributed by atoms with Gasteiger partial charge in [-0.3, -0.25) is 14.5 Å². The first-order chi connectivity index (χ1) is 16.5. The van der Waals surface area contributed by atoms with Crippen LogP contribution in [0.4, 0.5) is 0 Å². The maximum absolute atomic E-state index is 13.3. The number of aromatic nitrogens is 1. The topological polar surface area (TPSA) is 59.7 Å². The normalized spacial score (nSPS) is 22.3. The maximum Gasteiger partial charge on any atom is 0.270 e. The van der Waals surface area contributed by atoms with Crippen LogP contribution in [0.25, 0.3) is 10.9 Å². The van der Waals surface area contributed by atoms with Crippen molar-refractivity contribution in [3.8, 4) is 0 Å². The molecule has 1 N–H and O–H groups in total. The van der Waals surface area contributed by atoms with Crippen molar-refractivity contribution >= 4 is 34.3 Å². The van der Waals surface area contributed by atoms with Gasteiger partial charge in [0.05, 0.1) is 0 Å². The first-order valence-corrected chi connectivity index (χ1v) is 13.5. The molecule has 0 radical (unpaired) electrons. The van der Waals surface area contributed by atoms with Gasteiger partial charge in [0.2, 0.25) is 5.91 Å². The van der Waals surface area contributed by atoms with Gasteiger partial charge in [0.15, 0.2) is 0 Å². The minimum Gasteiger partial charge on any atom is -0.351 e. The van der Waals surface area contributed by atoms with E-state index < -0.39 is 0 Å². The number of amides is 2.